The normalized spacial score (nSPS) is 16.5. The van der Waals surface area contributed by atoms with E-state index in [2.05, 4.69) is 5.32 Å². The molecule has 1 aromatic heterocycles. The Labute approximate surface area is 128 Å². The Morgan fingerprint density at radius 1 is 1.32 bits per heavy atom. The molecule has 22 heavy (non-hydrogen) atoms. The molecule has 6 nitrogen and oxygen atoms in total. The standard InChI is InChI=1S/C16H18N2O4/c1-2-22-16(21)13-12-11(8-17-13)14(19)18(15(12)20)9-10-6-4-3-5-7-10/h3-7,13,17,19-20H,2,8-9H2,1H3. The topological polar surface area (TPSA) is 83.7 Å². The van der Waals surface area contributed by atoms with E-state index >= 15 is 0 Å². The van der Waals surface area contributed by atoms with Crippen molar-refractivity contribution in [2.24, 2.45) is 0 Å². The first kappa shape index (κ1) is 14.5. The van der Waals surface area contributed by atoms with Gasteiger partial charge in [0.05, 0.1) is 18.7 Å². The van der Waals surface area contributed by atoms with Crippen LogP contribution in [0.4, 0.5) is 0 Å². The largest absolute Gasteiger partial charge is 0.494 e. The van der Waals surface area contributed by atoms with Crippen LogP contribution in [0.2, 0.25) is 0 Å². The average molecular weight is 302 g/mol. The number of aromatic hydroxyl groups is 2. The van der Waals surface area contributed by atoms with Gasteiger partial charge in [-0.25, -0.2) is 4.79 Å². The highest BCUT2D eigenvalue weighted by Crippen LogP contribution is 2.42. The van der Waals surface area contributed by atoms with Crippen LogP contribution in [0, 0.1) is 0 Å². The molecule has 3 N–H and O–H groups in total. The lowest BCUT2D eigenvalue weighted by atomic mass is 10.1. The summed E-state index contributed by atoms with van der Waals surface area (Å²) in [6.45, 7) is 2.65. The van der Waals surface area contributed by atoms with Crippen molar-refractivity contribution in [3.63, 3.8) is 0 Å². The molecule has 0 aliphatic carbocycles. The maximum atomic E-state index is 12.0. The van der Waals surface area contributed by atoms with E-state index in [1.807, 2.05) is 30.3 Å². The van der Waals surface area contributed by atoms with Crippen molar-refractivity contribution in [1.29, 1.82) is 0 Å². The van der Waals surface area contributed by atoms with Crippen LogP contribution in [0.3, 0.4) is 0 Å². The van der Waals surface area contributed by atoms with Crippen LogP contribution in [0.5, 0.6) is 11.8 Å². The highest BCUT2D eigenvalue weighted by Gasteiger charge is 2.37. The molecule has 3 rings (SSSR count). The zero-order valence-corrected chi connectivity index (χ0v) is 12.2. The highest BCUT2D eigenvalue weighted by molar-refractivity contribution is 5.81. The van der Waals surface area contributed by atoms with Crippen LogP contribution in [-0.2, 0) is 22.6 Å². The van der Waals surface area contributed by atoms with E-state index in [0.717, 1.165) is 5.56 Å². The first-order valence-corrected chi connectivity index (χ1v) is 7.20. The van der Waals surface area contributed by atoms with E-state index in [1.54, 1.807) is 6.92 Å². The number of hydrogen-bond donors (Lipinski definition) is 3. The van der Waals surface area contributed by atoms with Crippen molar-refractivity contribution in [2.45, 2.75) is 26.1 Å². The lowest BCUT2D eigenvalue weighted by Gasteiger charge is -2.13. The lowest BCUT2D eigenvalue weighted by molar-refractivity contribution is -0.145. The summed E-state index contributed by atoms with van der Waals surface area (Å²) >= 11 is 0. The van der Waals surface area contributed by atoms with Crippen molar-refractivity contribution in [2.75, 3.05) is 6.61 Å². The first-order chi connectivity index (χ1) is 10.6. The van der Waals surface area contributed by atoms with Crippen molar-refractivity contribution < 1.29 is 19.7 Å². The summed E-state index contributed by atoms with van der Waals surface area (Å²) < 4.78 is 6.41. The molecule has 1 aliphatic heterocycles. The molecule has 0 saturated carbocycles. The molecule has 2 aromatic rings. The van der Waals surface area contributed by atoms with E-state index in [4.69, 9.17) is 4.74 Å². The molecule has 0 radical (unpaired) electrons. The summed E-state index contributed by atoms with van der Waals surface area (Å²) in [6, 6.07) is 8.76. The molecule has 116 valence electrons. The minimum atomic E-state index is -0.738. The summed E-state index contributed by atoms with van der Waals surface area (Å²) in [5.41, 5.74) is 1.90. The molecule has 6 heteroatoms. The van der Waals surface area contributed by atoms with E-state index < -0.39 is 12.0 Å². The molecule has 1 atom stereocenters. The second-order valence-corrected chi connectivity index (χ2v) is 5.18. The monoisotopic (exact) mass is 302 g/mol. The molecule has 0 bridgehead atoms. The van der Waals surface area contributed by atoms with Gasteiger partial charge in [0.25, 0.3) is 0 Å². The Hall–Kier alpha value is -2.47. The van der Waals surface area contributed by atoms with Gasteiger partial charge in [0, 0.05) is 12.1 Å². The number of carbonyl (C=O) groups is 1. The number of nitrogens with zero attached hydrogens (tertiary/aromatic N) is 1. The smallest absolute Gasteiger partial charge is 0.328 e. The Balaban J connectivity index is 1.95. The Morgan fingerprint density at radius 3 is 2.73 bits per heavy atom. The molecule has 0 saturated heterocycles. The third-order valence-electron chi connectivity index (χ3n) is 3.82. The number of benzene rings is 1. The zero-order chi connectivity index (χ0) is 15.7. The second-order valence-electron chi connectivity index (χ2n) is 5.18. The van der Waals surface area contributed by atoms with Crippen LogP contribution >= 0.6 is 0 Å². The molecular formula is C16H18N2O4. The van der Waals surface area contributed by atoms with Crippen LogP contribution in [0.15, 0.2) is 30.3 Å². The molecule has 0 spiro atoms. The van der Waals surface area contributed by atoms with Crippen molar-refractivity contribution in [3.8, 4) is 11.8 Å². The summed E-state index contributed by atoms with van der Waals surface area (Å²) in [6.07, 6.45) is 0. The predicted octanol–water partition coefficient (Wildman–Crippen LogP) is 1.65. The number of ether oxygens (including phenoxy) is 1. The van der Waals surface area contributed by atoms with E-state index in [0.29, 0.717) is 24.2 Å². The second kappa shape index (κ2) is 5.73. The lowest BCUT2D eigenvalue weighted by Crippen LogP contribution is -2.24. The number of hydrogen-bond acceptors (Lipinski definition) is 5. The minimum absolute atomic E-state index is 0.0179. The van der Waals surface area contributed by atoms with Gasteiger partial charge in [-0.15, -0.1) is 0 Å². The number of nitrogens with one attached hydrogen (secondary N) is 1. The number of esters is 1. The third kappa shape index (κ3) is 2.31. The van der Waals surface area contributed by atoms with Gasteiger partial charge in [-0.3, -0.25) is 9.88 Å². The van der Waals surface area contributed by atoms with Crippen LogP contribution in [-0.4, -0.2) is 27.4 Å². The number of rotatable bonds is 4. The minimum Gasteiger partial charge on any atom is -0.494 e. The number of aromatic nitrogens is 1. The van der Waals surface area contributed by atoms with Crippen LogP contribution < -0.4 is 5.32 Å². The van der Waals surface area contributed by atoms with Crippen LogP contribution in [0.25, 0.3) is 0 Å². The first-order valence-electron chi connectivity index (χ1n) is 7.20. The molecule has 1 aromatic carbocycles. The summed E-state index contributed by atoms with van der Waals surface area (Å²) in [4.78, 5) is 12.0. The van der Waals surface area contributed by atoms with Crippen LogP contribution in [0.1, 0.15) is 29.7 Å². The zero-order valence-electron chi connectivity index (χ0n) is 12.2. The van der Waals surface area contributed by atoms with Crippen molar-refractivity contribution >= 4 is 5.97 Å². The van der Waals surface area contributed by atoms with Crippen molar-refractivity contribution in [3.05, 3.63) is 47.0 Å². The molecule has 2 heterocycles. The van der Waals surface area contributed by atoms with Gasteiger partial charge >= 0.3 is 5.97 Å². The average Bonchev–Trinajstić information content (AvgIpc) is 3.05. The molecule has 1 aliphatic rings. The predicted molar refractivity (Wildman–Crippen MR) is 79.5 cm³/mol. The van der Waals surface area contributed by atoms with Gasteiger partial charge in [0.2, 0.25) is 0 Å². The Kier molecular flexibility index (Phi) is 3.77. The maximum Gasteiger partial charge on any atom is 0.328 e. The van der Waals surface area contributed by atoms with E-state index in [9.17, 15) is 15.0 Å². The summed E-state index contributed by atoms with van der Waals surface area (Å²) in [5.74, 6) is -0.566. The summed E-state index contributed by atoms with van der Waals surface area (Å²) in [7, 11) is 0. The molecule has 0 fully saturated rings. The SMILES string of the molecule is CCOC(=O)C1NCc2c1c(O)n(Cc1ccccc1)c2O. The Morgan fingerprint density at radius 2 is 2.05 bits per heavy atom. The van der Waals surface area contributed by atoms with E-state index in [-0.39, 0.29) is 18.4 Å². The van der Waals surface area contributed by atoms with Gasteiger partial charge in [0.15, 0.2) is 11.8 Å². The van der Waals surface area contributed by atoms with Gasteiger partial charge in [-0.2, -0.15) is 0 Å². The van der Waals surface area contributed by atoms with E-state index in [1.165, 1.54) is 4.57 Å². The Bertz CT molecular complexity index is 694. The molecule has 1 unspecified atom stereocenters. The summed E-state index contributed by atoms with van der Waals surface area (Å²) in [5, 5.41) is 23.7. The quantitative estimate of drug-likeness (QED) is 0.748. The fourth-order valence-electron chi connectivity index (χ4n) is 2.79. The molecule has 0 amide bonds. The maximum absolute atomic E-state index is 12.0. The highest BCUT2D eigenvalue weighted by atomic mass is 16.5. The van der Waals surface area contributed by atoms with Gasteiger partial charge in [-0.05, 0) is 12.5 Å². The fraction of sp³-hybridized carbons (Fsp3) is 0.312. The fourth-order valence-corrected chi connectivity index (χ4v) is 2.79. The van der Waals surface area contributed by atoms with Gasteiger partial charge in [-0.1, -0.05) is 30.3 Å². The van der Waals surface area contributed by atoms with Gasteiger partial charge in [0.1, 0.15) is 6.04 Å². The number of fused-ring (bicyclic) bond motifs is 1. The van der Waals surface area contributed by atoms with Gasteiger partial charge < -0.3 is 14.9 Å². The number of carbonyl (C=O) groups excluding carboxylic acids is 1. The van der Waals surface area contributed by atoms with Crippen molar-refractivity contribution in [1.82, 2.24) is 9.88 Å². The third-order valence-corrected chi connectivity index (χ3v) is 3.82. The molecular weight excluding hydrogens is 284 g/mol.